The molecule has 0 atom stereocenters. The topological polar surface area (TPSA) is 67.4 Å². The predicted octanol–water partition coefficient (Wildman–Crippen LogP) is 2.41. The summed E-state index contributed by atoms with van der Waals surface area (Å²) in [5, 5.41) is 4.41. The molecule has 132 valence electrons. The van der Waals surface area contributed by atoms with Gasteiger partial charge in [-0.05, 0) is 29.8 Å². The van der Waals surface area contributed by atoms with E-state index in [1.807, 2.05) is 0 Å². The number of carbonyl (C=O) groups excluding carboxylic acids is 2. The minimum atomic E-state index is -1.68. The summed E-state index contributed by atoms with van der Waals surface area (Å²) in [6.07, 6.45) is 0.0385. The Morgan fingerprint density at radius 3 is 2.28 bits per heavy atom. The maximum absolute atomic E-state index is 13.4. The molecule has 8 heteroatoms. The standard InChI is InChI=1S/C17H15F3N2O3/c1-25-11-4-2-10(3-5-11)8-14(23)21-9-15(24)22-13-7-6-12(18)16(19)17(13)20/h2-7H,8-9H2,1H3,(H,21,23)(H,22,24). The number of nitrogens with one attached hydrogen (secondary N) is 2. The molecule has 5 nitrogen and oxygen atoms in total. The van der Waals surface area contributed by atoms with Gasteiger partial charge in [-0.15, -0.1) is 0 Å². The van der Waals surface area contributed by atoms with Gasteiger partial charge in [0.15, 0.2) is 17.5 Å². The molecule has 2 aromatic rings. The van der Waals surface area contributed by atoms with Crippen LogP contribution in [0.4, 0.5) is 18.9 Å². The SMILES string of the molecule is COc1ccc(CC(=O)NCC(=O)Nc2ccc(F)c(F)c2F)cc1. The van der Waals surface area contributed by atoms with Crippen LogP contribution < -0.4 is 15.4 Å². The monoisotopic (exact) mass is 352 g/mol. The molecular formula is C17H15F3N2O3. The van der Waals surface area contributed by atoms with Gasteiger partial charge in [-0.2, -0.15) is 0 Å². The molecule has 0 fully saturated rings. The zero-order chi connectivity index (χ0) is 18.4. The Kier molecular flexibility index (Phi) is 5.99. The fraction of sp³-hybridized carbons (Fsp3) is 0.176. The molecule has 0 saturated carbocycles. The second-order valence-corrected chi connectivity index (χ2v) is 5.07. The number of ether oxygens (including phenoxy) is 1. The molecule has 25 heavy (non-hydrogen) atoms. The van der Waals surface area contributed by atoms with E-state index < -0.39 is 41.5 Å². The fourth-order valence-corrected chi connectivity index (χ4v) is 1.99. The zero-order valence-electron chi connectivity index (χ0n) is 13.2. The van der Waals surface area contributed by atoms with Crippen molar-refractivity contribution in [3.8, 4) is 5.75 Å². The average Bonchev–Trinajstić information content (AvgIpc) is 2.61. The van der Waals surface area contributed by atoms with Crippen LogP contribution in [0.2, 0.25) is 0 Å². The Bertz CT molecular complexity index is 779. The molecule has 2 amide bonds. The van der Waals surface area contributed by atoms with Crippen molar-refractivity contribution in [1.29, 1.82) is 0 Å². The van der Waals surface area contributed by atoms with E-state index in [9.17, 15) is 22.8 Å². The molecule has 0 spiro atoms. The van der Waals surface area contributed by atoms with Gasteiger partial charge in [-0.1, -0.05) is 12.1 Å². The van der Waals surface area contributed by atoms with Gasteiger partial charge in [0.2, 0.25) is 11.8 Å². The van der Waals surface area contributed by atoms with Crippen molar-refractivity contribution in [1.82, 2.24) is 5.32 Å². The molecular weight excluding hydrogens is 337 g/mol. The van der Waals surface area contributed by atoms with Crippen LogP contribution in [0.25, 0.3) is 0 Å². The van der Waals surface area contributed by atoms with Gasteiger partial charge < -0.3 is 15.4 Å². The lowest BCUT2D eigenvalue weighted by Gasteiger charge is -2.09. The van der Waals surface area contributed by atoms with Crippen molar-refractivity contribution in [2.75, 3.05) is 19.0 Å². The molecule has 0 aliphatic carbocycles. The number of hydrogen-bond acceptors (Lipinski definition) is 3. The number of carbonyl (C=O) groups is 2. The number of halogens is 3. The second-order valence-electron chi connectivity index (χ2n) is 5.07. The van der Waals surface area contributed by atoms with Crippen LogP contribution in [0, 0.1) is 17.5 Å². The lowest BCUT2D eigenvalue weighted by Crippen LogP contribution is -2.34. The first kappa shape index (κ1) is 18.3. The lowest BCUT2D eigenvalue weighted by atomic mass is 10.1. The van der Waals surface area contributed by atoms with Crippen LogP contribution in [0.15, 0.2) is 36.4 Å². The Hall–Kier alpha value is -3.03. The Labute approximate surface area is 141 Å². The van der Waals surface area contributed by atoms with Crippen LogP contribution in [-0.4, -0.2) is 25.5 Å². The molecule has 0 unspecified atom stereocenters. The first-order valence-electron chi connectivity index (χ1n) is 7.23. The average molecular weight is 352 g/mol. The Balaban J connectivity index is 1.85. The maximum Gasteiger partial charge on any atom is 0.243 e. The summed E-state index contributed by atoms with van der Waals surface area (Å²) in [7, 11) is 1.52. The number of anilines is 1. The molecule has 2 rings (SSSR count). The van der Waals surface area contributed by atoms with Gasteiger partial charge in [0, 0.05) is 0 Å². The third-order valence-corrected chi connectivity index (χ3v) is 3.28. The van der Waals surface area contributed by atoms with E-state index in [4.69, 9.17) is 4.74 Å². The molecule has 2 N–H and O–H groups in total. The molecule has 0 heterocycles. The summed E-state index contributed by atoms with van der Waals surface area (Å²) < 4.78 is 44.3. The van der Waals surface area contributed by atoms with Crippen molar-refractivity contribution >= 4 is 17.5 Å². The zero-order valence-corrected chi connectivity index (χ0v) is 13.2. The van der Waals surface area contributed by atoms with Crippen LogP contribution in [-0.2, 0) is 16.0 Å². The van der Waals surface area contributed by atoms with Gasteiger partial charge in [0.1, 0.15) is 5.75 Å². The van der Waals surface area contributed by atoms with E-state index in [1.54, 1.807) is 24.3 Å². The minimum Gasteiger partial charge on any atom is -0.497 e. The molecule has 0 aliphatic rings. The van der Waals surface area contributed by atoms with E-state index in [0.717, 1.165) is 6.07 Å². The van der Waals surface area contributed by atoms with E-state index in [2.05, 4.69) is 10.6 Å². The quantitative estimate of drug-likeness (QED) is 0.785. The van der Waals surface area contributed by atoms with E-state index in [1.165, 1.54) is 7.11 Å². The largest absolute Gasteiger partial charge is 0.497 e. The fourth-order valence-electron chi connectivity index (χ4n) is 1.99. The number of rotatable bonds is 6. The highest BCUT2D eigenvalue weighted by Crippen LogP contribution is 2.19. The van der Waals surface area contributed by atoms with Crippen LogP contribution in [0.1, 0.15) is 5.56 Å². The number of methoxy groups -OCH3 is 1. The Morgan fingerprint density at radius 2 is 1.64 bits per heavy atom. The lowest BCUT2D eigenvalue weighted by molar-refractivity contribution is -0.123. The van der Waals surface area contributed by atoms with Crippen LogP contribution in [0.3, 0.4) is 0 Å². The summed E-state index contributed by atoms with van der Waals surface area (Å²) in [4.78, 5) is 23.5. The minimum absolute atomic E-state index is 0.0385. The van der Waals surface area contributed by atoms with Crippen LogP contribution >= 0.6 is 0 Å². The van der Waals surface area contributed by atoms with Gasteiger partial charge in [-0.3, -0.25) is 9.59 Å². The van der Waals surface area contributed by atoms with Gasteiger partial charge in [-0.25, -0.2) is 13.2 Å². The summed E-state index contributed by atoms with van der Waals surface area (Å²) in [5.41, 5.74) is 0.207. The third-order valence-electron chi connectivity index (χ3n) is 3.28. The summed E-state index contributed by atoms with van der Waals surface area (Å²) in [6, 6.07) is 8.38. The van der Waals surface area contributed by atoms with E-state index in [-0.39, 0.29) is 6.42 Å². The second kappa shape index (κ2) is 8.18. The summed E-state index contributed by atoms with van der Waals surface area (Å²) >= 11 is 0. The molecule has 0 saturated heterocycles. The molecule has 0 aliphatic heterocycles. The normalized spacial score (nSPS) is 10.2. The predicted molar refractivity (Wildman–Crippen MR) is 84.7 cm³/mol. The maximum atomic E-state index is 13.4. The third kappa shape index (κ3) is 4.97. The smallest absolute Gasteiger partial charge is 0.243 e. The number of benzene rings is 2. The number of amides is 2. The highest BCUT2D eigenvalue weighted by Gasteiger charge is 2.15. The van der Waals surface area contributed by atoms with E-state index >= 15 is 0 Å². The summed E-state index contributed by atoms with van der Waals surface area (Å²) in [6.45, 7) is -0.437. The highest BCUT2D eigenvalue weighted by molar-refractivity contribution is 5.94. The molecule has 0 bridgehead atoms. The Morgan fingerprint density at radius 1 is 0.960 bits per heavy atom. The van der Waals surface area contributed by atoms with Crippen molar-refractivity contribution in [2.24, 2.45) is 0 Å². The van der Waals surface area contributed by atoms with Gasteiger partial charge in [0.05, 0.1) is 25.8 Å². The molecule has 0 aromatic heterocycles. The first-order chi connectivity index (χ1) is 11.9. The van der Waals surface area contributed by atoms with E-state index in [0.29, 0.717) is 17.4 Å². The highest BCUT2D eigenvalue weighted by atomic mass is 19.2. The molecule has 0 radical (unpaired) electrons. The van der Waals surface area contributed by atoms with Crippen molar-refractivity contribution in [2.45, 2.75) is 6.42 Å². The summed E-state index contributed by atoms with van der Waals surface area (Å²) in [5.74, 6) is -5.08. The van der Waals surface area contributed by atoms with Crippen molar-refractivity contribution in [3.05, 3.63) is 59.4 Å². The molecule has 2 aromatic carbocycles. The van der Waals surface area contributed by atoms with Crippen molar-refractivity contribution in [3.63, 3.8) is 0 Å². The first-order valence-corrected chi connectivity index (χ1v) is 7.23. The number of hydrogen-bond donors (Lipinski definition) is 2. The van der Waals surface area contributed by atoms with Gasteiger partial charge >= 0.3 is 0 Å². The van der Waals surface area contributed by atoms with Crippen LogP contribution in [0.5, 0.6) is 5.75 Å². The van der Waals surface area contributed by atoms with Crippen molar-refractivity contribution < 1.29 is 27.5 Å². The van der Waals surface area contributed by atoms with Gasteiger partial charge in [0.25, 0.3) is 0 Å².